The van der Waals surface area contributed by atoms with Crippen LogP contribution in [0.5, 0.6) is 0 Å². The van der Waals surface area contributed by atoms with Gasteiger partial charge < -0.3 is 17.4 Å². The molecule has 0 aromatic rings. The largest absolute Gasteiger partial charge is 0.603 e. The van der Waals surface area contributed by atoms with Crippen LogP contribution in [0.25, 0.3) is 0 Å². The summed E-state index contributed by atoms with van der Waals surface area (Å²) < 4.78 is 10.2. The second-order valence-corrected chi connectivity index (χ2v) is 8.08. The lowest BCUT2D eigenvalue weighted by Crippen LogP contribution is -2.62. The van der Waals surface area contributed by atoms with Gasteiger partial charge in [-0.15, -0.1) is 0 Å². The fourth-order valence-corrected chi connectivity index (χ4v) is 4.90. The lowest BCUT2D eigenvalue weighted by molar-refractivity contribution is 0.311. The van der Waals surface area contributed by atoms with Crippen LogP contribution in [0.3, 0.4) is 0 Å². The molecular formula is C14H35AlN4. The van der Waals surface area contributed by atoms with Crippen molar-refractivity contribution in [3.8, 4) is 0 Å². The summed E-state index contributed by atoms with van der Waals surface area (Å²) in [5, 5.41) is 0. The molecule has 0 atom stereocenters. The van der Waals surface area contributed by atoms with E-state index in [2.05, 4.69) is 59.2 Å². The minimum Gasteiger partial charge on any atom is -0.371 e. The van der Waals surface area contributed by atoms with Crippen LogP contribution >= 0.6 is 0 Å². The third-order valence-corrected chi connectivity index (χ3v) is 6.06. The first-order valence-electron chi connectivity index (χ1n) is 7.90. The van der Waals surface area contributed by atoms with Crippen molar-refractivity contribution in [2.24, 2.45) is 0 Å². The average Bonchev–Trinajstić information content (AvgIpc) is 2.35. The maximum atomic E-state index is 3.76. The van der Waals surface area contributed by atoms with Gasteiger partial charge in [0.2, 0.25) is 0 Å². The minimum atomic E-state index is -1.19. The van der Waals surface area contributed by atoms with Gasteiger partial charge in [0, 0.05) is 0 Å². The zero-order valence-corrected chi connectivity index (χ0v) is 15.2. The summed E-state index contributed by atoms with van der Waals surface area (Å²) in [5.41, 5.74) is 0. The highest BCUT2D eigenvalue weighted by Gasteiger charge is 2.29. The Hall–Kier alpha value is 0.372. The van der Waals surface area contributed by atoms with Gasteiger partial charge in [-0.2, -0.15) is 0 Å². The summed E-state index contributed by atoms with van der Waals surface area (Å²) in [5.74, 6) is 0. The number of hydrogen-bond acceptors (Lipinski definition) is 4. The SMILES string of the molecule is CCC[NH][Al]([NH]CCC)[N](CCCN(C)C)C(C)C. The molecule has 19 heavy (non-hydrogen) atoms. The zero-order chi connectivity index (χ0) is 14.7. The van der Waals surface area contributed by atoms with Crippen LogP contribution in [-0.4, -0.2) is 69.9 Å². The van der Waals surface area contributed by atoms with Crippen LogP contribution in [0.4, 0.5) is 0 Å². The standard InChI is InChI=1S/C8H19N2.2C3H8N.Al/c1-8(2)9-6-5-7-10(3)4;2*1-2-3-4;/h8H,5-7H2,1-4H3;2*4H,2-3H2,1H3;/q3*-1;+3. The monoisotopic (exact) mass is 286 g/mol. The van der Waals surface area contributed by atoms with Crippen molar-refractivity contribution in [2.45, 2.75) is 53.0 Å². The topological polar surface area (TPSA) is 30.5 Å². The lowest BCUT2D eigenvalue weighted by Gasteiger charge is -2.32. The number of hydrogen-bond donors (Lipinski definition) is 2. The van der Waals surface area contributed by atoms with Gasteiger partial charge in [0.15, 0.2) is 0 Å². The number of nitrogens with zero attached hydrogens (tertiary/aromatic N) is 2. The van der Waals surface area contributed by atoms with Crippen molar-refractivity contribution in [1.29, 1.82) is 0 Å². The molecule has 0 aromatic heterocycles. The fourth-order valence-electron chi connectivity index (χ4n) is 2.12. The Balaban J connectivity index is 4.36. The predicted octanol–water partition coefficient (Wildman–Crippen LogP) is 1.63. The molecule has 0 saturated heterocycles. The van der Waals surface area contributed by atoms with E-state index in [0.29, 0.717) is 6.04 Å². The van der Waals surface area contributed by atoms with Crippen LogP contribution in [0, 0.1) is 0 Å². The van der Waals surface area contributed by atoms with Gasteiger partial charge in [0.1, 0.15) is 0 Å². The Labute approximate surface area is 126 Å². The lowest BCUT2D eigenvalue weighted by atomic mass is 10.3. The Kier molecular flexibility index (Phi) is 12.4. The Morgan fingerprint density at radius 2 is 1.47 bits per heavy atom. The first-order chi connectivity index (χ1) is 9.02. The first kappa shape index (κ1) is 19.4. The van der Waals surface area contributed by atoms with Crippen LogP contribution in [0.15, 0.2) is 0 Å². The van der Waals surface area contributed by atoms with Crippen molar-refractivity contribution in [2.75, 3.05) is 40.3 Å². The van der Waals surface area contributed by atoms with E-state index in [-0.39, 0.29) is 0 Å². The third-order valence-electron chi connectivity index (χ3n) is 3.19. The molecule has 0 bridgehead atoms. The van der Waals surface area contributed by atoms with Crippen LogP contribution in [0.1, 0.15) is 47.0 Å². The molecule has 0 unspecified atom stereocenters. The maximum Gasteiger partial charge on any atom is 0.603 e. The summed E-state index contributed by atoms with van der Waals surface area (Å²) in [6, 6.07) is 0.618. The molecule has 4 nitrogen and oxygen atoms in total. The minimum absolute atomic E-state index is 0.618. The average molecular weight is 286 g/mol. The summed E-state index contributed by atoms with van der Waals surface area (Å²) in [6.07, 6.45) is 3.66. The summed E-state index contributed by atoms with van der Waals surface area (Å²) >= 11 is -1.19. The van der Waals surface area contributed by atoms with Gasteiger partial charge in [0.25, 0.3) is 0 Å². The van der Waals surface area contributed by atoms with Crippen LogP contribution in [-0.2, 0) is 0 Å². The molecule has 0 rings (SSSR count). The highest BCUT2D eigenvalue weighted by atomic mass is 27.2. The molecule has 0 radical (unpaired) electrons. The Morgan fingerprint density at radius 1 is 0.947 bits per heavy atom. The Bertz CT molecular complexity index is 192. The quantitative estimate of drug-likeness (QED) is 0.534. The van der Waals surface area contributed by atoms with E-state index >= 15 is 0 Å². The van der Waals surface area contributed by atoms with Gasteiger partial charge in [-0.3, -0.25) is 0 Å². The van der Waals surface area contributed by atoms with E-state index in [1.807, 2.05) is 0 Å². The molecule has 0 aromatic carbocycles. The molecule has 0 aliphatic heterocycles. The predicted molar refractivity (Wildman–Crippen MR) is 87.4 cm³/mol. The van der Waals surface area contributed by atoms with E-state index in [9.17, 15) is 0 Å². The fraction of sp³-hybridized carbons (Fsp3) is 1.00. The summed E-state index contributed by atoms with van der Waals surface area (Å²) in [7, 11) is 4.30. The van der Waals surface area contributed by atoms with Gasteiger partial charge in [0.05, 0.1) is 0 Å². The maximum absolute atomic E-state index is 3.76. The smallest absolute Gasteiger partial charge is 0.371 e. The summed E-state index contributed by atoms with van der Waals surface area (Å²) in [6.45, 7) is 13.7. The van der Waals surface area contributed by atoms with Crippen molar-refractivity contribution < 1.29 is 0 Å². The molecule has 0 aliphatic rings. The zero-order valence-electron chi connectivity index (χ0n) is 14.0. The molecule has 2 N–H and O–H groups in total. The van der Waals surface area contributed by atoms with Gasteiger partial charge in [-0.25, -0.2) is 0 Å². The van der Waals surface area contributed by atoms with Gasteiger partial charge in [-0.1, -0.05) is 27.7 Å². The molecule has 114 valence electrons. The molecule has 5 heteroatoms. The van der Waals surface area contributed by atoms with E-state index < -0.39 is 14.8 Å². The number of nitrogens with one attached hydrogen (secondary N) is 2. The van der Waals surface area contributed by atoms with E-state index in [0.717, 1.165) is 13.1 Å². The highest BCUT2D eigenvalue weighted by molar-refractivity contribution is 6.50. The van der Waals surface area contributed by atoms with E-state index in [4.69, 9.17) is 0 Å². The molecule has 0 saturated carbocycles. The molecular weight excluding hydrogens is 251 g/mol. The Morgan fingerprint density at radius 3 is 1.84 bits per heavy atom. The molecule has 0 amide bonds. The van der Waals surface area contributed by atoms with Crippen LogP contribution < -0.4 is 8.60 Å². The van der Waals surface area contributed by atoms with Crippen LogP contribution in [0.2, 0.25) is 0 Å². The second kappa shape index (κ2) is 12.1. The first-order valence-corrected chi connectivity index (χ1v) is 9.57. The molecule has 0 heterocycles. The van der Waals surface area contributed by atoms with Gasteiger partial charge in [-0.05, 0) is 65.6 Å². The number of rotatable bonds is 12. The van der Waals surface area contributed by atoms with Crippen molar-refractivity contribution in [3.05, 3.63) is 0 Å². The highest BCUT2D eigenvalue weighted by Crippen LogP contribution is 2.02. The van der Waals surface area contributed by atoms with Crippen molar-refractivity contribution in [3.63, 3.8) is 0 Å². The summed E-state index contributed by atoms with van der Waals surface area (Å²) in [4.78, 5) is 2.27. The van der Waals surface area contributed by atoms with E-state index in [1.165, 1.54) is 32.4 Å². The molecule has 0 aliphatic carbocycles. The van der Waals surface area contributed by atoms with Gasteiger partial charge >= 0.3 is 14.8 Å². The van der Waals surface area contributed by atoms with Crippen molar-refractivity contribution >= 4 is 14.8 Å². The molecule has 0 spiro atoms. The molecule has 0 fully saturated rings. The van der Waals surface area contributed by atoms with Crippen molar-refractivity contribution in [1.82, 2.24) is 17.4 Å². The van der Waals surface area contributed by atoms with E-state index in [1.54, 1.807) is 0 Å². The normalized spacial score (nSPS) is 11.8. The third kappa shape index (κ3) is 9.84. The second-order valence-electron chi connectivity index (χ2n) is 5.80.